The zero-order valence-electron chi connectivity index (χ0n) is 14.6. The smallest absolute Gasteiger partial charge is 0.203 e. The summed E-state index contributed by atoms with van der Waals surface area (Å²) in [6, 6.07) is 7.54. The number of ether oxygens (including phenoxy) is 1. The van der Waals surface area contributed by atoms with E-state index in [4.69, 9.17) is 4.74 Å². The maximum Gasteiger partial charge on any atom is 0.203 e. The molecule has 0 saturated carbocycles. The number of benzene rings is 1. The van der Waals surface area contributed by atoms with E-state index in [2.05, 4.69) is 26.1 Å². The van der Waals surface area contributed by atoms with Gasteiger partial charge in [-0.2, -0.15) is 10.2 Å². The third-order valence-corrected chi connectivity index (χ3v) is 4.34. The molecule has 26 heavy (non-hydrogen) atoms. The summed E-state index contributed by atoms with van der Waals surface area (Å²) in [7, 11) is 1.64. The van der Waals surface area contributed by atoms with E-state index in [9.17, 15) is 4.79 Å². The van der Waals surface area contributed by atoms with E-state index in [1.165, 1.54) is 0 Å². The fourth-order valence-corrected chi connectivity index (χ4v) is 3.00. The average molecular weight is 415 g/mol. The van der Waals surface area contributed by atoms with Crippen LogP contribution in [0.15, 0.2) is 53.4 Å². The first-order chi connectivity index (χ1) is 12.6. The van der Waals surface area contributed by atoms with Gasteiger partial charge in [-0.1, -0.05) is 12.1 Å². The van der Waals surface area contributed by atoms with Crippen LogP contribution >= 0.6 is 15.9 Å². The Labute approximate surface area is 160 Å². The van der Waals surface area contributed by atoms with Gasteiger partial charge in [0.15, 0.2) is 0 Å². The summed E-state index contributed by atoms with van der Waals surface area (Å²) in [5, 5.41) is 8.40. The Bertz CT molecular complexity index is 943. The summed E-state index contributed by atoms with van der Waals surface area (Å²) < 4.78 is 9.86. The molecule has 0 unspecified atom stereocenters. The molecule has 7 heteroatoms. The van der Waals surface area contributed by atoms with Gasteiger partial charge in [-0.15, -0.1) is 0 Å². The first kappa shape index (κ1) is 18.1. The molecule has 3 rings (SSSR count). The van der Waals surface area contributed by atoms with Gasteiger partial charge in [0.05, 0.1) is 24.3 Å². The molecule has 3 aromatic rings. The highest BCUT2D eigenvalue weighted by atomic mass is 79.9. The van der Waals surface area contributed by atoms with Crippen LogP contribution in [0.5, 0.6) is 5.75 Å². The predicted molar refractivity (Wildman–Crippen MR) is 103 cm³/mol. The molecule has 0 N–H and O–H groups in total. The Morgan fingerprint density at radius 1 is 1.31 bits per heavy atom. The van der Waals surface area contributed by atoms with Crippen molar-refractivity contribution in [3.05, 3.63) is 70.2 Å². The van der Waals surface area contributed by atoms with Crippen LogP contribution < -0.4 is 4.74 Å². The molecule has 134 valence electrons. The highest BCUT2D eigenvalue weighted by molar-refractivity contribution is 9.10. The molecule has 0 aliphatic carbocycles. The number of hydrogen-bond donors (Lipinski definition) is 0. The SMILES string of the molecule is CCn1nccc1C(=O)/C=C/c1ccc(OC)c(Cn2cc(Br)cn2)c1. The van der Waals surface area contributed by atoms with Crippen LogP contribution in [-0.4, -0.2) is 32.5 Å². The van der Waals surface area contributed by atoms with Crippen LogP contribution in [0.3, 0.4) is 0 Å². The van der Waals surface area contributed by atoms with Crippen molar-refractivity contribution in [3.63, 3.8) is 0 Å². The number of nitrogens with zero attached hydrogens (tertiary/aromatic N) is 4. The molecule has 0 fully saturated rings. The molecule has 0 aliphatic heterocycles. The van der Waals surface area contributed by atoms with Crippen molar-refractivity contribution in [1.29, 1.82) is 0 Å². The lowest BCUT2D eigenvalue weighted by Gasteiger charge is -2.09. The van der Waals surface area contributed by atoms with E-state index < -0.39 is 0 Å². The number of carbonyl (C=O) groups excluding carboxylic acids is 1. The number of hydrogen-bond acceptors (Lipinski definition) is 4. The molecule has 1 aromatic carbocycles. The highest BCUT2D eigenvalue weighted by Crippen LogP contribution is 2.22. The van der Waals surface area contributed by atoms with Crippen molar-refractivity contribution < 1.29 is 9.53 Å². The summed E-state index contributed by atoms with van der Waals surface area (Å²) >= 11 is 3.40. The van der Waals surface area contributed by atoms with Crippen LogP contribution in [-0.2, 0) is 13.1 Å². The number of halogens is 1. The normalized spacial score (nSPS) is 11.2. The Balaban J connectivity index is 1.81. The van der Waals surface area contributed by atoms with Gasteiger partial charge in [-0.25, -0.2) is 0 Å². The van der Waals surface area contributed by atoms with Gasteiger partial charge in [-0.05, 0) is 52.7 Å². The van der Waals surface area contributed by atoms with Crippen molar-refractivity contribution in [2.45, 2.75) is 20.0 Å². The second kappa shape index (κ2) is 8.14. The standard InChI is InChI=1S/C19H19BrN4O2/c1-3-24-17(8-9-21-24)18(25)6-4-14-5-7-19(26-2)15(10-14)12-23-13-16(20)11-22-23/h4-11,13H,3,12H2,1-2H3/b6-4+. The van der Waals surface area contributed by atoms with Gasteiger partial charge < -0.3 is 4.74 Å². The van der Waals surface area contributed by atoms with E-state index in [-0.39, 0.29) is 5.78 Å². The lowest BCUT2D eigenvalue weighted by atomic mass is 10.1. The summed E-state index contributed by atoms with van der Waals surface area (Å²) in [6.07, 6.45) is 8.65. The lowest BCUT2D eigenvalue weighted by Crippen LogP contribution is -2.07. The number of rotatable bonds is 7. The van der Waals surface area contributed by atoms with Gasteiger partial charge in [-0.3, -0.25) is 14.2 Å². The molecule has 0 bridgehead atoms. The van der Waals surface area contributed by atoms with Crippen LogP contribution in [0.25, 0.3) is 6.08 Å². The molecule has 0 amide bonds. The third kappa shape index (κ3) is 4.11. The lowest BCUT2D eigenvalue weighted by molar-refractivity contribution is 0.103. The Morgan fingerprint density at radius 2 is 2.15 bits per heavy atom. The van der Waals surface area contributed by atoms with Gasteiger partial charge in [0.1, 0.15) is 11.4 Å². The number of methoxy groups -OCH3 is 1. The van der Waals surface area contributed by atoms with E-state index in [1.807, 2.05) is 36.0 Å². The van der Waals surface area contributed by atoms with Crippen molar-refractivity contribution in [2.24, 2.45) is 0 Å². The molecular formula is C19H19BrN4O2. The maximum atomic E-state index is 12.4. The van der Waals surface area contributed by atoms with Crippen LogP contribution in [0, 0.1) is 0 Å². The fourth-order valence-electron chi connectivity index (χ4n) is 2.68. The molecule has 2 heterocycles. The van der Waals surface area contributed by atoms with Crippen LogP contribution in [0.2, 0.25) is 0 Å². The third-order valence-electron chi connectivity index (χ3n) is 3.93. The molecular weight excluding hydrogens is 396 g/mol. The van der Waals surface area contributed by atoms with Gasteiger partial charge in [0.2, 0.25) is 5.78 Å². The Morgan fingerprint density at radius 3 is 2.85 bits per heavy atom. The number of aryl methyl sites for hydroxylation is 1. The molecule has 0 aliphatic rings. The number of allylic oxidation sites excluding steroid dienone is 1. The summed E-state index contributed by atoms with van der Waals surface area (Å²) in [6.45, 7) is 3.19. The quantitative estimate of drug-likeness (QED) is 0.435. The van der Waals surface area contributed by atoms with Gasteiger partial charge in [0, 0.05) is 24.5 Å². The van der Waals surface area contributed by atoms with E-state index in [1.54, 1.807) is 42.4 Å². The minimum atomic E-state index is -0.0716. The fraction of sp³-hybridized carbons (Fsp3) is 0.211. The number of carbonyl (C=O) groups is 1. The Kier molecular flexibility index (Phi) is 5.68. The van der Waals surface area contributed by atoms with Crippen molar-refractivity contribution >= 4 is 27.8 Å². The zero-order valence-corrected chi connectivity index (χ0v) is 16.2. The molecule has 0 spiro atoms. The molecule has 6 nitrogen and oxygen atoms in total. The maximum absolute atomic E-state index is 12.4. The van der Waals surface area contributed by atoms with Crippen LogP contribution in [0.4, 0.5) is 0 Å². The summed E-state index contributed by atoms with van der Waals surface area (Å²) in [5.41, 5.74) is 2.48. The van der Waals surface area contributed by atoms with Gasteiger partial charge in [0.25, 0.3) is 0 Å². The molecule has 2 aromatic heterocycles. The second-order valence-electron chi connectivity index (χ2n) is 5.66. The second-order valence-corrected chi connectivity index (χ2v) is 6.57. The average Bonchev–Trinajstić information content (AvgIpc) is 3.28. The van der Waals surface area contributed by atoms with Crippen molar-refractivity contribution in [2.75, 3.05) is 7.11 Å². The Hall–Kier alpha value is -2.67. The molecule has 0 atom stereocenters. The van der Waals surface area contributed by atoms with E-state index in [0.29, 0.717) is 18.8 Å². The van der Waals surface area contributed by atoms with Crippen LogP contribution in [0.1, 0.15) is 28.5 Å². The minimum absolute atomic E-state index is 0.0716. The monoisotopic (exact) mass is 414 g/mol. The van der Waals surface area contributed by atoms with Crippen molar-refractivity contribution in [3.8, 4) is 5.75 Å². The largest absolute Gasteiger partial charge is 0.496 e. The topological polar surface area (TPSA) is 61.9 Å². The first-order valence-electron chi connectivity index (χ1n) is 8.19. The number of aromatic nitrogens is 4. The number of ketones is 1. The van der Waals surface area contributed by atoms with Gasteiger partial charge >= 0.3 is 0 Å². The molecule has 0 radical (unpaired) electrons. The van der Waals surface area contributed by atoms with E-state index in [0.717, 1.165) is 21.3 Å². The minimum Gasteiger partial charge on any atom is -0.496 e. The van der Waals surface area contributed by atoms with Crippen molar-refractivity contribution in [1.82, 2.24) is 19.6 Å². The highest BCUT2D eigenvalue weighted by Gasteiger charge is 2.09. The predicted octanol–water partition coefficient (Wildman–Crippen LogP) is 3.82. The summed E-state index contributed by atoms with van der Waals surface area (Å²) in [5.74, 6) is 0.710. The summed E-state index contributed by atoms with van der Waals surface area (Å²) in [4.78, 5) is 12.4. The molecule has 0 saturated heterocycles. The first-order valence-corrected chi connectivity index (χ1v) is 8.99. The zero-order chi connectivity index (χ0) is 18.5. The van der Waals surface area contributed by atoms with E-state index >= 15 is 0 Å².